The van der Waals surface area contributed by atoms with E-state index in [9.17, 15) is 9.59 Å². The Balaban J connectivity index is 1.32. The van der Waals surface area contributed by atoms with Crippen LogP contribution in [0.15, 0.2) is 59.8 Å². The van der Waals surface area contributed by atoms with Crippen LogP contribution in [-0.4, -0.2) is 77.8 Å². The molecular weight excluding hydrogens is 500 g/mol. The molecular formula is C33H44N4O3. The highest BCUT2D eigenvalue weighted by Gasteiger charge is 2.37. The Morgan fingerprint density at radius 1 is 0.950 bits per heavy atom. The lowest BCUT2D eigenvalue weighted by atomic mass is 9.93. The number of carbonyl (C=O) groups is 2. The van der Waals surface area contributed by atoms with Crippen LogP contribution in [0.25, 0.3) is 0 Å². The molecule has 2 fully saturated rings. The first-order chi connectivity index (χ1) is 19.6. The van der Waals surface area contributed by atoms with Crippen molar-refractivity contribution in [2.24, 2.45) is 4.99 Å². The van der Waals surface area contributed by atoms with Gasteiger partial charge in [0.15, 0.2) is 5.84 Å². The van der Waals surface area contributed by atoms with Gasteiger partial charge in [-0.15, -0.1) is 0 Å². The van der Waals surface area contributed by atoms with Crippen LogP contribution in [0.2, 0.25) is 0 Å². The molecule has 1 saturated heterocycles. The number of benzene rings is 1. The van der Waals surface area contributed by atoms with Gasteiger partial charge in [0.25, 0.3) is 5.91 Å². The fourth-order valence-electron chi connectivity index (χ4n) is 6.78. The highest BCUT2D eigenvalue weighted by Crippen LogP contribution is 2.29. The Bertz CT molecular complexity index is 1170. The van der Waals surface area contributed by atoms with Gasteiger partial charge in [0.2, 0.25) is 0 Å². The highest BCUT2D eigenvalue weighted by atomic mass is 16.5. The quantitative estimate of drug-likeness (QED) is 0.373. The standard InChI is InChI=1S/C33H44N4O3/c1-3-4-8-11-28-24-37(30-17-20-35(21-18-30)29-12-9-6-5-7-10-13-29)32(38)31(34-28)36-19-16-25-14-15-26(33(39)40-2)22-27(25)23-36/h3-4,8,11,14-15,22,29-30H,1,5-7,9-10,12-13,16-21,23-24H2,2H3/b8-4-,28-11+. The number of likely N-dealkylation sites (tertiary alicyclic amines) is 1. The van der Waals surface area contributed by atoms with Crippen molar-refractivity contribution in [2.45, 2.75) is 82.8 Å². The van der Waals surface area contributed by atoms with Crippen LogP contribution in [0.5, 0.6) is 0 Å². The topological polar surface area (TPSA) is 65.5 Å². The first-order valence-corrected chi connectivity index (χ1v) is 15.1. The normalized spacial score (nSPS) is 23.1. The zero-order chi connectivity index (χ0) is 27.9. The molecule has 1 aromatic rings. The molecule has 0 spiro atoms. The average Bonchev–Trinajstić information content (AvgIpc) is 2.97. The minimum atomic E-state index is -0.345. The minimum Gasteiger partial charge on any atom is -0.465 e. The van der Waals surface area contributed by atoms with Crippen LogP contribution in [0.4, 0.5) is 0 Å². The monoisotopic (exact) mass is 544 g/mol. The number of piperidine rings is 1. The number of nitrogens with zero attached hydrogens (tertiary/aromatic N) is 4. The SMILES string of the molecule is C=C/C=C\C=C1/CN(C2CCN(C3CCCCCCC3)CC2)C(=O)C(N2CCc3ccc(C(=O)OC)cc3C2)=N1. The number of hydrogen-bond donors (Lipinski definition) is 0. The molecule has 0 N–H and O–H groups in total. The molecule has 40 heavy (non-hydrogen) atoms. The van der Waals surface area contributed by atoms with Gasteiger partial charge in [-0.3, -0.25) is 4.79 Å². The van der Waals surface area contributed by atoms with E-state index in [2.05, 4.69) is 21.3 Å². The number of allylic oxidation sites excluding steroid dienone is 4. The van der Waals surface area contributed by atoms with E-state index in [-0.39, 0.29) is 17.9 Å². The van der Waals surface area contributed by atoms with E-state index in [4.69, 9.17) is 9.73 Å². The molecule has 4 aliphatic rings. The van der Waals surface area contributed by atoms with E-state index < -0.39 is 0 Å². The third kappa shape index (κ3) is 6.57. The first kappa shape index (κ1) is 28.3. The molecule has 0 bridgehead atoms. The Labute approximate surface area is 239 Å². The second-order valence-corrected chi connectivity index (χ2v) is 11.6. The van der Waals surface area contributed by atoms with Crippen molar-refractivity contribution in [1.82, 2.24) is 14.7 Å². The number of fused-ring (bicyclic) bond motifs is 1. The summed E-state index contributed by atoms with van der Waals surface area (Å²) in [4.78, 5) is 37.9. The van der Waals surface area contributed by atoms with Crippen LogP contribution in [0.1, 0.15) is 79.3 Å². The number of methoxy groups -OCH3 is 1. The summed E-state index contributed by atoms with van der Waals surface area (Å²) in [6.45, 7) is 7.71. The zero-order valence-electron chi connectivity index (χ0n) is 24.0. The van der Waals surface area contributed by atoms with E-state index in [1.54, 1.807) is 6.08 Å². The Hall–Kier alpha value is -3.19. The van der Waals surface area contributed by atoms with Crippen molar-refractivity contribution < 1.29 is 14.3 Å². The van der Waals surface area contributed by atoms with Gasteiger partial charge in [0.05, 0.1) is 24.9 Å². The third-order valence-corrected chi connectivity index (χ3v) is 9.04. The molecule has 0 radical (unpaired) electrons. The van der Waals surface area contributed by atoms with Gasteiger partial charge in [0.1, 0.15) is 0 Å². The van der Waals surface area contributed by atoms with Crippen LogP contribution in [0, 0.1) is 0 Å². The molecule has 214 valence electrons. The molecule has 1 saturated carbocycles. The molecule has 5 rings (SSSR count). The second kappa shape index (κ2) is 13.4. The number of amides is 1. The van der Waals surface area contributed by atoms with Crippen LogP contribution in [-0.2, 0) is 22.5 Å². The van der Waals surface area contributed by atoms with E-state index in [1.165, 1.54) is 57.6 Å². The number of aliphatic imine (C=N–C) groups is 1. The summed E-state index contributed by atoms with van der Waals surface area (Å²) >= 11 is 0. The van der Waals surface area contributed by atoms with Gasteiger partial charge in [-0.05, 0) is 61.4 Å². The molecule has 0 unspecified atom stereocenters. The number of hydrogen-bond acceptors (Lipinski definition) is 6. The van der Waals surface area contributed by atoms with E-state index in [0.29, 0.717) is 30.5 Å². The number of carbonyl (C=O) groups excluding carboxylic acids is 2. The number of esters is 1. The summed E-state index contributed by atoms with van der Waals surface area (Å²) in [5.74, 6) is 0.199. The predicted molar refractivity (Wildman–Crippen MR) is 159 cm³/mol. The molecule has 7 nitrogen and oxygen atoms in total. The summed E-state index contributed by atoms with van der Waals surface area (Å²) in [5.41, 5.74) is 3.68. The second-order valence-electron chi connectivity index (χ2n) is 11.6. The molecule has 1 aliphatic carbocycles. The fourth-order valence-corrected chi connectivity index (χ4v) is 6.78. The van der Waals surface area contributed by atoms with Crippen LogP contribution in [0.3, 0.4) is 0 Å². The van der Waals surface area contributed by atoms with Gasteiger partial charge < -0.3 is 19.4 Å². The summed E-state index contributed by atoms with van der Waals surface area (Å²) in [6.07, 6.45) is 19.9. The Morgan fingerprint density at radius 3 is 2.42 bits per heavy atom. The van der Waals surface area contributed by atoms with Crippen molar-refractivity contribution in [3.8, 4) is 0 Å². The van der Waals surface area contributed by atoms with Crippen molar-refractivity contribution in [2.75, 3.05) is 33.3 Å². The van der Waals surface area contributed by atoms with E-state index in [1.807, 2.05) is 36.4 Å². The number of rotatable bonds is 5. The van der Waals surface area contributed by atoms with Crippen molar-refractivity contribution in [3.05, 3.63) is 71.5 Å². The Morgan fingerprint density at radius 2 is 1.70 bits per heavy atom. The molecule has 0 aromatic heterocycles. The fraction of sp³-hybridized carbons (Fsp3) is 0.545. The molecule has 0 atom stereocenters. The first-order valence-electron chi connectivity index (χ1n) is 15.1. The lowest BCUT2D eigenvalue weighted by Gasteiger charge is -2.44. The van der Waals surface area contributed by atoms with Crippen LogP contribution < -0.4 is 0 Å². The maximum absolute atomic E-state index is 14.0. The molecule has 1 aromatic carbocycles. The maximum Gasteiger partial charge on any atom is 0.337 e. The van der Waals surface area contributed by atoms with Crippen molar-refractivity contribution >= 4 is 17.7 Å². The van der Waals surface area contributed by atoms with Gasteiger partial charge in [-0.1, -0.05) is 63.0 Å². The third-order valence-electron chi connectivity index (χ3n) is 9.04. The average molecular weight is 545 g/mol. The van der Waals surface area contributed by atoms with Gasteiger partial charge in [-0.25, -0.2) is 9.79 Å². The largest absolute Gasteiger partial charge is 0.465 e. The summed E-state index contributed by atoms with van der Waals surface area (Å²) in [5, 5.41) is 0. The van der Waals surface area contributed by atoms with Gasteiger partial charge in [-0.2, -0.15) is 0 Å². The molecule has 3 heterocycles. The lowest BCUT2D eigenvalue weighted by molar-refractivity contribution is -0.128. The van der Waals surface area contributed by atoms with E-state index in [0.717, 1.165) is 50.2 Å². The number of amidine groups is 1. The Kier molecular flexibility index (Phi) is 9.53. The summed E-state index contributed by atoms with van der Waals surface area (Å²) < 4.78 is 4.93. The maximum atomic E-state index is 14.0. The predicted octanol–water partition coefficient (Wildman–Crippen LogP) is 5.28. The molecule has 1 amide bonds. The molecule has 7 heteroatoms. The number of ether oxygens (including phenoxy) is 1. The van der Waals surface area contributed by atoms with Crippen molar-refractivity contribution in [1.29, 1.82) is 0 Å². The minimum absolute atomic E-state index is 0.0295. The summed E-state index contributed by atoms with van der Waals surface area (Å²) in [6, 6.07) is 6.65. The zero-order valence-corrected chi connectivity index (χ0v) is 24.0. The summed E-state index contributed by atoms with van der Waals surface area (Å²) in [7, 11) is 1.40. The smallest absolute Gasteiger partial charge is 0.337 e. The van der Waals surface area contributed by atoms with Crippen LogP contribution >= 0.6 is 0 Å². The van der Waals surface area contributed by atoms with E-state index >= 15 is 0 Å². The lowest BCUT2D eigenvalue weighted by Crippen LogP contribution is -2.56. The van der Waals surface area contributed by atoms with Gasteiger partial charge in [0, 0.05) is 38.3 Å². The highest BCUT2D eigenvalue weighted by molar-refractivity contribution is 6.38. The molecule has 3 aliphatic heterocycles. The van der Waals surface area contributed by atoms with Gasteiger partial charge >= 0.3 is 5.97 Å². The van der Waals surface area contributed by atoms with Crippen molar-refractivity contribution in [3.63, 3.8) is 0 Å².